The van der Waals surface area contributed by atoms with E-state index in [-0.39, 0.29) is 24.0 Å². The number of aromatic nitrogens is 2. The number of hydrogen-bond donors (Lipinski definition) is 2. The third kappa shape index (κ3) is 5.81. The second kappa shape index (κ2) is 12.5. The van der Waals surface area contributed by atoms with Gasteiger partial charge in [-0.1, -0.05) is 36.4 Å². The molecule has 236 valence electrons. The van der Waals surface area contributed by atoms with Crippen molar-refractivity contribution in [2.75, 3.05) is 43.1 Å². The molecule has 46 heavy (non-hydrogen) atoms. The van der Waals surface area contributed by atoms with Crippen LogP contribution in [0.15, 0.2) is 71.7 Å². The van der Waals surface area contributed by atoms with Crippen molar-refractivity contribution in [2.45, 2.75) is 38.2 Å². The van der Waals surface area contributed by atoms with Gasteiger partial charge in [0.05, 0.1) is 38.1 Å². The highest BCUT2D eigenvalue weighted by Gasteiger charge is 2.31. The van der Waals surface area contributed by atoms with Crippen LogP contribution in [0.25, 0.3) is 11.3 Å². The number of aliphatic hydroxyl groups excluding tert-OH is 1. The summed E-state index contributed by atoms with van der Waals surface area (Å²) in [4.78, 5) is 47.3. The lowest BCUT2D eigenvalue weighted by Gasteiger charge is -2.31. The van der Waals surface area contributed by atoms with Gasteiger partial charge in [-0.2, -0.15) is 0 Å². The minimum atomic E-state index is -0.321. The van der Waals surface area contributed by atoms with Crippen molar-refractivity contribution in [3.63, 3.8) is 0 Å². The number of aliphatic hydroxyl groups is 1. The van der Waals surface area contributed by atoms with E-state index in [1.165, 1.54) is 29.2 Å². The van der Waals surface area contributed by atoms with Crippen LogP contribution >= 0.6 is 0 Å². The molecule has 1 aromatic heterocycles. The van der Waals surface area contributed by atoms with Crippen LogP contribution in [0.1, 0.15) is 51.4 Å². The van der Waals surface area contributed by atoms with Gasteiger partial charge in [-0.3, -0.25) is 19.0 Å². The number of morpholine rings is 1. The Morgan fingerprint density at radius 1 is 1.00 bits per heavy atom. The zero-order valence-electron chi connectivity index (χ0n) is 25.9. The molecule has 10 nitrogen and oxygen atoms in total. The summed E-state index contributed by atoms with van der Waals surface area (Å²) >= 11 is 0. The van der Waals surface area contributed by atoms with Crippen LogP contribution in [0.3, 0.4) is 0 Å². The first-order chi connectivity index (χ1) is 22.4. The predicted molar refractivity (Wildman–Crippen MR) is 175 cm³/mol. The van der Waals surface area contributed by atoms with Crippen molar-refractivity contribution < 1.29 is 19.4 Å². The van der Waals surface area contributed by atoms with E-state index in [0.29, 0.717) is 84.8 Å². The number of ether oxygens (including phenoxy) is 1. The number of benzene rings is 3. The van der Waals surface area contributed by atoms with Gasteiger partial charge in [-0.05, 0) is 66.1 Å². The highest BCUT2D eigenvalue weighted by Crippen LogP contribution is 2.42. The third-order valence-electron chi connectivity index (χ3n) is 9.24. The molecule has 2 N–H and O–H groups in total. The van der Waals surface area contributed by atoms with E-state index in [1.54, 1.807) is 11.9 Å². The number of anilines is 3. The van der Waals surface area contributed by atoms with E-state index >= 15 is 0 Å². The molecule has 3 aliphatic rings. The lowest BCUT2D eigenvalue weighted by atomic mass is 9.93. The smallest absolute Gasteiger partial charge is 0.270 e. The zero-order valence-corrected chi connectivity index (χ0v) is 25.9. The second-order valence-corrected chi connectivity index (χ2v) is 12.2. The summed E-state index contributed by atoms with van der Waals surface area (Å²) in [5.74, 6) is 1.04. The highest BCUT2D eigenvalue weighted by molar-refractivity contribution is 6.09. The third-order valence-corrected chi connectivity index (χ3v) is 9.24. The van der Waals surface area contributed by atoms with Crippen LogP contribution in [-0.4, -0.2) is 64.2 Å². The van der Waals surface area contributed by atoms with Gasteiger partial charge in [-0.25, -0.2) is 4.98 Å². The van der Waals surface area contributed by atoms with Crippen molar-refractivity contribution in [1.82, 2.24) is 14.5 Å². The molecular formula is C36H37N5O5. The monoisotopic (exact) mass is 619 g/mol. The Hall–Kier alpha value is -4.80. The Morgan fingerprint density at radius 3 is 2.52 bits per heavy atom. The van der Waals surface area contributed by atoms with E-state index in [4.69, 9.17) is 4.74 Å². The molecule has 2 aliphatic heterocycles. The molecule has 0 atom stereocenters. The number of nitrogens with zero attached hydrogens (tertiary/aromatic N) is 4. The Balaban J connectivity index is 1.17. The lowest BCUT2D eigenvalue weighted by Crippen LogP contribution is -2.41. The Morgan fingerprint density at radius 2 is 1.78 bits per heavy atom. The molecule has 0 unspecified atom stereocenters. The molecule has 2 fully saturated rings. The van der Waals surface area contributed by atoms with Crippen LogP contribution in [-0.2, 0) is 36.0 Å². The molecule has 10 heteroatoms. The summed E-state index contributed by atoms with van der Waals surface area (Å²) in [6, 6.07) is 19.3. The predicted octanol–water partition coefficient (Wildman–Crippen LogP) is 4.16. The lowest BCUT2D eigenvalue weighted by molar-refractivity contribution is -0.134. The summed E-state index contributed by atoms with van der Waals surface area (Å²) in [5, 5.41) is 14.0. The molecule has 1 aliphatic carbocycles. The largest absolute Gasteiger partial charge is 0.392 e. The van der Waals surface area contributed by atoms with Crippen molar-refractivity contribution in [3.05, 3.63) is 105 Å². The number of rotatable bonds is 8. The first kappa shape index (κ1) is 29.9. The van der Waals surface area contributed by atoms with Crippen molar-refractivity contribution >= 4 is 29.0 Å². The van der Waals surface area contributed by atoms with E-state index in [2.05, 4.69) is 22.4 Å². The summed E-state index contributed by atoms with van der Waals surface area (Å²) in [6.45, 7) is 2.51. The number of nitrogens with one attached hydrogen (secondary N) is 1. The standard InChI is InChI=1S/C36H37N5O5/c1-39-33(44)21-37-34(35(39)38-27-10-5-23(6-11-27)19-32(43)40-15-17-46-18-16-40)29-3-2-4-31(30(29)22-42)41-14-13-26-20-25(24-7-8-24)9-12-28(26)36(41)45/h2-6,9-12,20-21,24,38,42H,7-8,13-19,22H2,1H3. The van der Waals surface area contributed by atoms with E-state index in [0.717, 1.165) is 17.5 Å². The maximum absolute atomic E-state index is 13.8. The van der Waals surface area contributed by atoms with Gasteiger partial charge in [-0.15, -0.1) is 0 Å². The second-order valence-electron chi connectivity index (χ2n) is 12.2. The molecule has 1 saturated carbocycles. The summed E-state index contributed by atoms with van der Waals surface area (Å²) < 4.78 is 6.83. The van der Waals surface area contributed by atoms with Crippen molar-refractivity contribution in [3.8, 4) is 11.3 Å². The minimum absolute atomic E-state index is 0.0658. The van der Waals surface area contributed by atoms with Crippen molar-refractivity contribution in [2.24, 2.45) is 7.05 Å². The first-order valence-corrected chi connectivity index (χ1v) is 15.9. The van der Waals surface area contributed by atoms with Gasteiger partial charge in [0.15, 0.2) is 0 Å². The fraction of sp³-hybridized carbons (Fsp3) is 0.333. The Labute approximate surface area is 267 Å². The SMILES string of the molecule is Cn1c(Nc2ccc(CC(=O)N3CCOCC3)cc2)c(-c2cccc(N3CCc4cc(C5CC5)ccc4C3=O)c2CO)ncc1=O. The molecular weight excluding hydrogens is 582 g/mol. The average molecular weight is 620 g/mol. The normalized spacial score (nSPS) is 16.3. The van der Waals surface area contributed by atoms with E-state index in [1.807, 2.05) is 53.4 Å². The minimum Gasteiger partial charge on any atom is -0.392 e. The Bertz CT molecular complexity index is 1860. The summed E-state index contributed by atoms with van der Waals surface area (Å²) in [7, 11) is 1.66. The van der Waals surface area contributed by atoms with Crippen molar-refractivity contribution in [1.29, 1.82) is 0 Å². The van der Waals surface area contributed by atoms with Gasteiger partial charge >= 0.3 is 0 Å². The Kier molecular flexibility index (Phi) is 8.14. The molecule has 0 spiro atoms. The fourth-order valence-electron chi connectivity index (χ4n) is 6.44. The van der Waals surface area contributed by atoms with Gasteiger partial charge in [0.1, 0.15) is 11.5 Å². The van der Waals surface area contributed by atoms with E-state index < -0.39 is 0 Å². The molecule has 7 rings (SSSR count). The molecule has 3 heterocycles. The molecule has 4 aromatic rings. The van der Waals surface area contributed by atoms with Crippen LogP contribution in [0.4, 0.5) is 17.2 Å². The van der Waals surface area contributed by atoms with Crippen LogP contribution in [0.5, 0.6) is 0 Å². The van der Waals surface area contributed by atoms with Gasteiger partial charge in [0, 0.05) is 49.1 Å². The zero-order chi connectivity index (χ0) is 31.8. The first-order valence-electron chi connectivity index (χ1n) is 15.9. The highest BCUT2D eigenvalue weighted by atomic mass is 16.5. The van der Waals surface area contributed by atoms with Gasteiger partial charge < -0.3 is 25.0 Å². The van der Waals surface area contributed by atoms with Crippen LogP contribution in [0, 0.1) is 0 Å². The number of hydrogen-bond acceptors (Lipinski definition) is 7. The molecule has 1 saturated heterocycles. The van der Waals surface area contributed by atoms with Crippen LogP contribution in [0.2, 0.25) is 0 Å². The molecule has 0 bridgehead atoms. The maximum Gasteiger partial charge on any atom is 0.270 e. The summed E-state index contributed by atoms with van der Waals surface area (Å²) in [5.41, 5.74) is 6.66. The maximum atomic E-state index is 13.8. The number of amides is 2. The fourth-order valence-corrected chi connectivity index (χ4v) is 6.44. The average Bonchev–Trinajstić information content (AvgIpc) is 3.94. The number of carbonyl (C=O) groups excluding carboxylic acids is 2. The topological polar surface area (TPSA) is 117 Å². The van der Waals surface area contributed by atoms with Gasteiger partial charge in [0.2, 0.25) is 5.91 Å². The number of carbonyl (C=O) groups is 2. The molecule has 2 amide bonds. The molecule has 0 radical (unpaired) electrons. The van der Waals surface area contributed by atoms with E-state index in [9.17, 15) is 19.5 Å². The van der Waals surface area contributed by atoms with Gasteiger partial charge in [0.25, 0.3) is 11.5 Å². The molecule has 3 aromatic carbocycles. The quantitative estimate of drug-likeness (QED) is 0.304. The van der Waals surface area contributed by atoms with Crippen LogP contribution < -0.4 is 15.8 Å². The summed E-state index contributed by atoms with van der Waals surface area (Å²) in [6.07, 6.45) is 4.71. The number of fused-ring (bicyclic) bond motifs is 1.